The molecule has 18 heavy (non-hydrogen) atoms. The van der Waals surface area contributed by atoms with Crippen molar-refractivity contribution < 1.29 is 14.7 Å². The van der Waals surface area contributed by atoms with Crippen LogP contribution in [-0.2, 0) is 4.79 Å². The summed E-state index contributed by atoms with van der Waals surface area (Å²) in [5.74, 6) is -0.412. The Hall–Kier alpha value is -1.55. The van der Waals surface area contributed by atoms with Crippen LogP contribution in [0.3, 0.4) is 0 Å². The predicted octanol–water partition coefficient (Wildman–Crippen LogP) is 1.43. The van der Waals surface area contributed by atoms with Gasteiger partial charge < -0.3 is 10.4 Å². The molecule has 0 aromatic heterocycles. The summed E-state index contributed by atoms with van der Waals surface area (Å²) in [4.78, 5) is 24.0. The van der Waals surface area contributed by atoms with Crippen LogP contribution in [0.1, 0.15) is 12.8 Å². The Morgan fingerprint density at radius 3 is 2.39 bits per heavy atom. The van der Waals surface area contributed by atoms with Crippen LogP contribution in [0.2, 0.25) is 25.7 Å². The minimum Gasteiger partial charge on any atom is -0.465 e. The summed E-state index contributed by atoms with van der Waals surface area (Å²) in [7, 11) is -1.61. The quantitative estimate of drug-likeness (QED) is 0.448. The lowest BCUT2D eigenvalue weighted by atomic mass is 10.3. The first kappa shape index (κ1) is 14.5. The molecule has 6 nitrogen and oxygen atoms in total. The van der Waals surface area contributed by atoms with E-state index in [1.165, 1.54) is 0 Å². The molecule has 1 rings (SSSR count). The number of amides is 2. The molecule has 1 aliphatic rings. The van der Waals surface area contributed by atoms with Crippen LogP contribution < -0.4 is 5.32 Å². The van der Waals surface area contributed by atoms with Crippen LogP contribution in [0.5, 0.6) is 0 Å². The normalized spacial score (nSPS) is 16.6. The fourth-order valence-electron chi connectivity index (χ4n) is 1.77. The Morgan fingerprint density at radius 2 is 2.06 bits per heavy atom. The van der Waals surface area contributed by atoms with Gasteiger partial charge in [-0.1, -0.05) is 19.6 Å². The molecular weight excluding hydrogens is 250 g/mol. The largest absolute Gasteiger partial charge is 0.465 e. The Morgan fingerprint density at radius 1 is 1.50 bits per heavy atom. The number of nitrogens with one attached hydrogen (secondary N) is 1. The van der Waals surface area contributed by atoms with Crippen LogP contribution in [0.25, 0.3) is 0 Å². The lowest BCUT2D eigenvalue weighted by Crippen LogP contribution is -2.50. The van der Waals surface area contributed by atoms with Gasteiger partial charge in [0, 0.05) is 14.1 Å². The summed E-state index contributed by atoms with van der Waals surface area (Å²) in [6.07, 6.45) is 2.30. The molecule has 0 radical (unpaired) electrons. The summed E-state index contributed by atoms with van der Waals surface area (Å²) < 4.78 is 0. The molecule has 0 saturated heterocycles. The molecule has 0 heterocycles. The number of carbonyl (C=O) groups is 2. The molecular formula is C11H19N3O3Si. The Balaban J connectivity index is 2.77. The third kappa shape index (κ3) is 4.37. The predicted molar refractivity (Wildman–Crippen MR) is 68.6 cm³/mol. The second-order valence-electron chi connectivity index (χ2n) is 5.81. The average molecular weight is 269 g/mol. The fraction of sp³-hybridized carbons (Fsp3) is 0.727. The van der Waals surface area contributed by atoms with Gasteiger partial charge in [-0.3, -0.25) is 4.79 Å². The SMILES string of the molecule is C[Si](C)(C)C[C@H](NC(=O)O)C(=O)N(C#N)C1CC1. The molecule has 1 atom stereocenters. The number of rotatable bonds is 5. The molecule has 7 heteroatoms. The van der Waals surface area contributed by atoms with Gasteiger partial charge in [-0.2, -0.15) is 5.26 Å². The summed E-state index contributed by atoms with van der Waals surface area (Å²) in [5, 5.41) is 20.0. The van der Waals surface area contributed by atoms with Crippen molar-refractivity contribution in [2.45, 2.75) is 50.6 Å². The molecule has 0 aliphatic heterocycles. The smallest absolute Gasteiger partial charge is 0.405 e. The fourth-order valence-corrected chi connectivity index (χ4v) is 3.27. The lowest BCUT2D eigenvalue weighted by Gasteiger charge is -2.26. The standard InChI is InChI=1S/C11H19N3O3Si/c1-18(2,3)6-9(13-11(16)17)10(15)14(7-12)8-4-5-8/h8-9,13H,4-6H2,1-3H3,(H,16,17)/t9-/m0/s1. The Labute approximate surface area is 108 Å². The molecule has 0 bridgehead atoms. The van der Waals surface area contributed by atoms with E-state index in [0.717, 1.165) is 17.7 Å². The number of carboxylic acid groups (broad SMARTS) is 1. The van der Waals surface area contributed by atoms with Gasteiger partial charge >= 0.3 is 6.09 Å². The summed E-state index contributed by atoms with van der Waals surface area (Å²) >= 11 is 0. The zero-order valence-electron chi connectivity index (χ0n) is 10.9. The number of hydrogen-bond donors (Lipinski definition) is 2. The first-order valence-corrected chi connectivity index (χ1v) is 9.67. The number of nitrogens with zero attached hydrogens (tertiary/aromatic N) is 2. The third-order valence-electron chi connectivity index (χ3n) is 2.67. The maximum atomic E-state index is 12.2. The average Bonchev–Trinajstić information content (AvgIpc) is 2.99. The Bertz CT molecular complexity index is 382. The zero-order chi connectivity index (χ0) is 13.9. The summed E-state index contributed by atoms with van der Waals surface area (Å²) in [5.41, 5.74) is 0. The van der Waals surface area contributed by atoms with Gasteiger partial charge in [0.2, 0.25) is 0 Å². The highest BCUT2D eigenvalue weighted by atomic mass is 28.3. The Kier molecular flexibility index (Phi) is 4.35. The number of hydrogen-bond acceptors (Lipinski definition) is 3. The third-order valence-corrected chi connectivity index (χ3v) is 4.30. The van der Waals surface area contributed by atoms with Crippen LogP contribution in [0.15, 0.2) is 0 Å². The lowest BCUT2D eigenvalue weighted by molar-refractivity contribution is -0.130. The van der Waals surface area contributed by atoms with Gasteiger partial charge in [0.1, 0.15) is 6.04 Å². The minimum absolute atomic E-state index is 0.0257. The monoisotopic (exact) mass is 269 g/mol. The second-order valence-corrected chi connectivity index (χ2v) is 11.3. The van der Waals surface area contributed by atoms with E-state index in [1.807, 2.05) is 6.19 Å². The van der Waals surface area contributed by atoms with E-state index in [4.69, 9.17) is 10.4 Å². The molecule has 2 N–H and O–H groups in total. The maximum absolute atomic E-state index is 12.2. The van der Waals surface area contributed by atoms with Crippen molar-refractivity contribution in [3.05, 3.63) is 0 Å². The molecule has 0 aromatic carbocycles. The van der Waals surface area contributed by atoms with Crippen molar-refractivity contribution in [2.24, 2.45) is 0 Å². The number of carbonyl (C=O) groups excluding carboxylic acids is 1. The van der Waals surface area contributed by atoms with Crippen molar-refractivity contribution in [1.82, 2.24) is 10.2 Å². The molecule has 0 spiro atoms. The highest BCUT2D eigenvalue weighted by molar-refractivity contribution is 6.76. The van der Waals surface area contributed by atoms with Gasteiger partial charge in [-0.25, -0.2) is 9.69 Å². The van der Waals surface area contributed by atoms with Crippen LogP contribution in [-0.4, -0.2) is 42.2 Å². The molecule has 0 unspecified atom stereocenters. The molecule has 1 fully saturated rings. The molecule has 1 aliphatic carbocycles. The van der Waals surface area contributed by atoms with Crippen molar-refractivity contribution >= 4 is 20.1 Å². The molecule has 0 aromatic rings. The van der Waals surface area contributed by atoms with Gasteiger partial charge in [-0.15, -0.1) is 0 Å². The summed E-state index contributed by atoms with van der Waals surface area (Å²) in [6.45, 7) is 6.18. The number of nitriles is 1. The van der Waals surface area contributed by atoms with Crippen LogP contribution >= 0.6 is 0 Å². The van der Waals surface area contributed by atoms with Crippen molar-refractivity contribution in [2.75, 3.05) is 0 Å². The van der Waals surface area contributed by atoms with E-state index < -0.39 is 26.1 Å². The van der Waals surface area contributed by atoms with Crippen LogP contribution in [0.4, 0.5) is 4.79 Å². The molecule has 2 amide bonds. The van der Waals surface area contributed by atoms with E-state index in [2.05, 4.69) is 25.0 Å². The maximum Gasteiger partial charge on any atom is 0.405 e. The first-order valence-electron chi connectivity index (χ1n) is 5.97. The van der Waals surface area contributed by atoms with Crippen molar-refractivity contribution in [1.29, 1.82) is 5.26 Å². The van der Waals surface area contributed by atoms with Crippen LogP contribution in [0, 0.1) is 11.5 Å². The molecule has 100 valence electrons. The van der Waals surface area contributed by atoms with Gasteiger partial charge in [0.25, 0.3) is 5.91 Å². The van der Waals surface area contributed by atoms with Gasteiger partial charge in [0.15, 0.2) is 6.19 Å². The highest BCUT2D eigenvalue weighted by Gasteiger charge is 2.38. The highest BCUT2D eigenvalue weighted by Crippen LogP contribution is 2.27. The molecule has 1 saturated carbocycles. The minimum atomic E-state index is -1.61. The zero-order valence-corrected chi connectivity index (χ0v) is 11.9. The van der Waals surface area contributed by atoms with Gasteiger partial charge in [-0.05, 0) is 18.9 Å². The van der Waals surface area contributed by atoms with E-state index in [-0.39, 0.29) is 6.04 Å². The van der Waals surface area contributed by atoms with Crippen molar-refractivity contribution in [3.8, 4) is 6.19 Å². The van der Waals surface area contributed by atoms with E-state index >= 15 is 0 Å². The second kappa shape index (κ2) is 5.39. The van der Waals surface area contributed by atoms with E-state index in [9.17, 15) is 9.59 Å². The summed E-state index contributed by atoms with van der Waals surface area (Å²) in [6, 6.07) is -0.320. The first-order chi connectivity index (χ1) is 8.24. The van der Waals surface area contributed by atoms with Gasteiger partial charge in [0.05, 0.1) is 0 Å². The van der Waals surface area contributed by atoms with E-state index in [0.29, 0.717) is 6.04 Å². The van der Waals surface area contributed by atoms with Crippen molar-refractivity contribution in [3.63, 3.8) is 0 Å². The van der Waals surface area contributed by atoms with E-state index in [1.54, 1.807) is 0 Å². The topological polar surface area (TPSA) is 93.4 Å².